The number of nitrogens with zero attached hydrogens (tertiary/aromatic N) is 1. The largest absolute Gasteiger partial charge is 0.506 e. The Balaban J connectivity index is 2.03. The highest BCUT2D eigenvalue weighted by Crippen LogP contribution is 2.41. The third-order valence-electron chi connectivity index (χ3n) is 4.15. The first-order valence-corrected chi connectivity index (χ1v) is 9.88. The maximum absolute atomic E-state index is 12.5. The number of carbonyl (C=O) groups excluding carboxylic acids is 1. The van der Waals surface area contributed by atoms with Gasteiger partial charge in [-0.1, -0.05) is 23.9 Å². The Kier molecular flexibility index (Phi) is 6.68. The molecule has 1 aliphatic heterocycles. The minimum atomic E-state index is -0.662. The third kappa shape index (κ3) is 4.60. The maximum Gasteiger partial charge on any atom is 0.344 e. The normalized spacial score (nSPS) is 16.2. The number of aliphatic imine (C=N–C) groups is 1. The molecule has 0 unspecified atom stereocenters. The highest BCUT2D eigenvalue weighted by molar-refractivity contribution is 8.18. The number of ether oxygens (including phenoxy) is 3. The molecule has 0 aliphatic carbocycles. The molecule has 8 heteroatoms. The molecule has 30 heavy (non-hydrogen) atoms. The lowest BCUT2D eigenvalue weighted by Gasteiger charge is -2.04. The summed E-state index contributed by atoms with van der Waals surface area (Å²) in [5.74, 6) is 0.0356. The van der Waals surface area contributed by atoms with Crippen LogP contribution in [0.3, 0.4) is 0 Å². The molecular formula is C22H21NO6S. The van der Waals surface area contributed by atoms with Gasteiger partial charge in [-0.3, -0.25) is 0 Å². The fraction of sp³-hybridized carbons (Fsp3) is 0.182. The van der Waals surface area contributed by atoms with E-state index >= 15 is 0 Å². The number of esters is 1. The van der Waals surface area contributed by atoms with Gasteiger partial charge in [-0.05, 0) is 42.8 Å². The van der Waals surface area contributed by atoms with E-state index in [9.17, 15) is 15.0 Å². The summed E-state index contributed by atoms with van der Waals surface area (Å²) < 4.78 is 15.4. The summed E-state index contributed by atoms with van der Waals surface area (Å²) in [7, 11) is 3.01. The van der Waals surface area contributed by atoms with Gasteiger partial charge in [0.25, 0.3) is 0 Å². The van der Waals surface area contributed by atoms with Gasteiger partial charge in [-0.15, -0.1) is 0 Å². The van der Waals surface area contributed by atoms with Crippen LogP contribution in [0.4, 0.5) is 5.69 Å². The first-order valence-electron chi connectivity index (χ1n) is 9.07. The van der Waals surface area contributed by atoms with Crippen molar-refractivity contribution in [3.8, 4) is 17.2 Å². The molecule has 0 saturated carbocycles. The van der Waals surface area contributed by atoms with Gasteiger partial charge in [-0.25, -0.2) is 9.79 Å². The Hall–Kier alpha value is -3.39. The zero-order valence-corrected chi connectivity index (χ0v) is 17.5. The van der Waals surface area contributed by atoms with Gasteiger partial charge in [0.2, 0.25) is 0 Å². The van der Waals surface area contributed by atoms with Gasteiger partial charge < -0.3 is 24.4 Å². The Bertz CT molecular complexity index is 1060. The van der Waals surface area contributed by atoms with Gasteiger partial charge in [0.15, 0.2) is 11.5 Å². The van der Waals surface area contributed by atoms with Crippen molar-refractivity contribution in [3.05, 3.63) is 64.3 Å². The standard InChI is InChI=1S/C22H21NO6S/c1-4-29-22(26)19-20(25)18(11-13-8-9-17(28-3)16(24)10-13)30-21(19)23-14-6-5-7-15(12-14)27-2/h5-12,24-25H,4H2,1-3H3/b18-11+,23-21?. The molecule has 7 nitrogen and oxygen atoms in total. The van der Waals surface area contributed by atoms with Gasteiger partial charge in [0.1, 0.15) is 22.1 Å². The molecule has 2 aromatic carbocycles. The van der Waals surface area contributed by atoms with Crippen molar-refractivity contribution in [3.63, 3.8) is 0 Å². The summed E-state index contributed by atoms with van der Waals surface area (Å²) in [5.41, 5.74) is 1.18. The van der Waals surface area contributed by atoms with Crippen LogP contribution in [0.5, 0.6) is 17.2 Å². The lowest BCUT2D eigenvalue weighted by molar-refractivity contribution is -0.138. The number of methoxy groups -OCH3 is 2. The van der Waals surface area contributed by atoms with Gasteiger partial charge in [0, 0.05) is 6.07 Å². The molecule has 0 aromatic heterocycles. The number of rotatable bonds is 6. The maximum atomic E-state index is 12.5. The van der Waals surface area contributed by atoms with Crippen molar-refractivity contribution >= 4 is 34.5 Å². The topological polar surface area (TPSA) is 97.6 Å². The average molecular weight is 427 g/mol. The second kappa shape index (κ2) is 9.41. The van der Waals surface area contributed by atoms with E-state index in [1.165, 1.54) is 13.2 Å². The van der Waals surface area contributed by atoms with E-state index < -0.39 is 5.97 Å². The number of hydrogen-bond donors (Lipinski definition) is 2. The molecular weight excluding hydrogens is 406 g/mol. The Labute approximate surface area is 178 Å². The van der Waals surface area contributed by atoms with Crippen molar-refractivity contribution in [2.45, 2.75) is 6.92 Å². The van der Waals surface area contributed by atoms with Crippen LogP contribution in [0.2, 0.25) is 0 Å². The lowest BCUT2D eigenvalue weighted by atomic mass is 10.1. The number of benzene rings is 2. The Morgan fingerprint density at radius 3 is 2.60 bits per heavy atom. The molecule has 2 aromatic rings. The molecule has 0 atom stereocenters. The van der Waals surface area contributed by atoms with Crippen LogP contribution >= 0.6 is 11.8 Å². The van der Waals surface area contributed by atoms with Crippen LogP contribution in [-0.4, -0.2) is 42.1 Å². The molecule has 0 amide bonds. The fourth-order valence-electron chi connectivity index (χ4n) is 2.74. The SMILES string of the molecule is CCOC(=O)C1=C(O)/C(=C\c2ccc(OC)c(O)c2)SC1=Nc1cccc(OC)c1. The molecule has 1 heterocycles. The zero-order valence-electron chi connectivity index (χ0n) is 16.7. The van der Waals surface area contributed by atoms with Crippen LogP contribution < -0.4 is 9.47 Å². The van der Waals surface area contributed by atoms with E-state index in [2.05, 4.69) is 4.99 Å². The number of phenols is 1. The predicted octanol–water partition coefficient (Wildman–Crippen LogP) is 4.60. The molecule has 2 N–H and O–H groups in total. The zero-order chi connectivity index (χ0) is 21.7. The summed E-state index contributed by atoms with van der Waals surface area (Å²) >= 11 is 1.13. The van der Waals surface area contributed by atoms with Crippen molar-refractivity contribution in [2.24, 2.45) is 4.99 Å². The Morgan fingerprint density at radius 2 is 1.93 bits per heavy atom. The first kappa shape index (κ1) is 21.3. The highest BCUT2D eigenvalue weighted by Gasteiger charge is 2.33. The van der Waals surface area contributed by atoms with Gasteiger partial charge in [-0.2, -0.15) is 0 Å². The van der Waals surface area contributed by atoms with Crippen LogP contribution in [0, 0.1) is 0 Å². The van der Waals surface area contributed by atoms with E-state index in [1.54, 1.807) is 56.5 Å². The quantitative estimate of drug-likeness (QED) is 0.650. The number of phenolic OH excluding ortho intramolecular Hbond substituents is 1. The summed E-state index contributed by atoms with van der Waals surface area (Å²) in [4.78, 5) is 17.4. The highest BCUT2D eigenvalue weighted by atomic mass is 32.2. The number of carbonyl (C=O) groups is 1. The summed E-state index contributed by atoms with van der Waals surface area (Å²) in [6, 6.07) is 11.9. The first-order chi connectivity index (χ1) is 14.5. The summed E-state index contributed by atoms with van der Waals surface area (Å²) in [6.45, 7) is 1.85. The van der Waals surface area contributed by atoms with Crippen LogP contribution in [0.1, 0.15) is 12.5 Å². The van der Waals surface area contributed by atoms with Crippen molar-refractivity contribution < 1.29 is 29.2 Å². The average Bonchev–Trinajstić information content (AvgIpc) is 3.03. The number of thioether (sulfide) groups is 1. The summed E-state index contributed by atoms with van der Waals surface area (Å²) in [5, 5.41) is 21.0. The van der Waals surface area contributed by atoms with Crippen molar-refractivity contribution in [1.82, 2.24) is 0 Å². The lowest BCUT2D eigenvalue weighted by Crippen LogP contribution is -2.12. The molecule has 0 fully saturated rings. The molecule has 0 spiro atoms. The fourth-order valence-corrected chi connectivity index (χ4v) is 3.77. The van der Waals surface area contributed by atoms with Gasteiger partial charge in [0.05, 0.1) is 31.4 Å². The molecule has 156 valence electrons. The third-order valence-corrected chi connectivity index (χ3v) is 5.17. The van der Waals surface area contributed by atoms with Crippen LogP contribution in [0.25, 0.3) is 6.08 Å². The molecule has 0 bridgehead atoms. The number of aliphatic hydroxyl groups excluding tert-OH is 1. The van der Waals surface area contributed by atoms with Crippen LogP contribution in [-0.2, 0) is 9.53 Å². The van der Waals surface area contributed by atoms with E-state index in [0.717, 1.165) is 11.8 Å². The Morgan fingerprint density at radius 1 is 1.13 bits per heavy atom. The van der Waals surface area contributed by atoms with Crippen molar-refractivity contribution in [1.29, 1.82) is 0 Å². The van der Waals surface area contributed by atoms with Crippen LogP contribution in [0.15, 0.2) is 63.7 Å². The van der Waals surface area contributed by atoms with E-state index in [4.69, 9.17) is 14.2 Å². The minimum absolute atomic E-state index is 0.00588. The molecule has 1 aliphatic rings. The number of hydrogen-bond acceptors (Lipinski definition) is 8. The molecule has 0 radical (unpaired) electrons. The van der Waals surface area contributed by atoms with E-state index in [-0.39, 0.29) is 23.7 Å². The van der Waals surface area contributed by atoms with E-state index in [0.29, 0.717) is 32.7 Å². The predicted molar refractivity (Wildman–Crippen MR) is 117 cm³/mol. The van der Waals surface area contributed by atoms with E-state index in [1.807, 2.05) is 0 Å². The minimum Gasteiger partial charge on any atom is -0.506 e. The monoisotopic (exact) mass is 427 g/mol. The molecule has 0 saturated heterocycles. The second-order valence-corrected chi connectivity index (χ2v) is 7.14. The smallest absolute Gasteiger partial charge is 0.344 e. The van der Waals surface area contributed by atoms with Gasteiger partial charge >= 0.3 is 5.97 Å². The number of aromatic hydroxyl groups is 1. The second-order valence-electron chi connectivity index (χ2n) is 6.10. The number of aliphatic hydroxyl groups is 1. The molecule has 3 rings (SSSR count). The van der Waals surface area contributed by atoms with Crippen molar-refractivity contribution in [2.75, 3.05) is 20.8 Å². The summed E-state index contributed by atoms with van der Waals surface area (Å²) in [6.07, 6.45) is 1.65.